The molecule has 0 fully saturated rings. The number of nitrogens with one attached hydrogen (secondary N) is 5. The molecule has 448 valence electrons. The van der Waals surface area contributed by atoms with Gasteiger partial charge >= 0.3 is 0 Å². The summed E-state index contributed by atoms with van der Waals surface area (Å²) in [7, 11) is 0. The molecule has 0 spiro atoms. The number of nitrogens with zero attached hydrogens (tertiary/aromatic N) is 5. The highest BCUT2D eigenvalue weighted by Gasteiger charge is 2.23. The predicted molar refractivity (Wildman–Crippen MR) is 298 cm³/mol. The summed E-state index contributed by atoms with van der Waals surface area (Å²) in [5.41, 5.74) is 22.0. The summed E-state index contributed by atoms with van der Waals surface area (Å²) >= 11 is 0. The minimum absolute atomic E-state index is 0.00802. The third-order valence-electron chi connectivity index (χ3n) is 12.6. The van der Waals surface area contributed by atoms with E-state index in [-0.39, 0.29) is 142 Å². The highest BCUT2D eigenvalue weighted by atomic mass is 16.2. The summed E-state index contributed by atoms with van der Waals surface area (Å²) in [4.78, 5) is 146. The van der Waals surface area contributed by atoms with Gasteiger partial charge in [-0.1, -0.05) is 84.0 Å². The largest absolute Gasteiger partial charge is 0.368 e. The maximum Gasteiger partial charge on any atom is 0.239 e. The highest BCUT2D eigenvalue weighted by Crippen LogP contribution is 2.13. The standard InChI is InChI=1S/C53H100N14O11/c1-5-6-7-8-9-10-11-12-13-14-15-16-17-21-46(71)58-28-32-63(43(3)68)41-50(75)62-42(2)36-67(44(4)69)40-49(74)61-31-35-66(53(78)24-20-27-56)39-48(73)60-30-34-65(52(77)23-19-26-55)38-47(72)59-29-33-64(37-45(57)70)51(76)22-18-25-54/h42H,5-41,54-56H2,1-4H3,(H2,57,70)(H,58,71)(H,59,72)(H,60,73)(H,61,74)(H,62,75)/t42-/m0/s1. The number of primary amides is 1. The molecular formula is C53H100N14O11. The molecule has 0 aliphatic rings. The van der Waals surface area contributed by atoms with Gasteiger partial charge in [0.05, 0.1) is 32.7 Å². The van der Waals surface area contributed by atoms with Crippen molar-refractivity contribution in [2.45, 2.75) is 162 Å². The van der Waals surface area contributed by atoms with E-state index in [0.29, 0.717) is 25.7 Å². The Morgan fingerprint density at radius 1 is 0.385 bits per heavy atom. The van der Waals surface area contributed by atoms with Gasteiger partial charge in [0.1, 0.15) is 0 Å². The molecule has 0 saturated carbocycles. The van der Waals surface area contributed by atoms with E-state index in [0.717, 1.165) is 19.3 Å². The molecule has 1 atom stereocenters. The minimum Gasteiger partial charge on any atom is -0.368 e. The second-order valence-corrected chi connectivity index (χ2v) is 19.8. The Balaban J connectivity index is 5.08. The van der Waals surface area contributed by atoms with Gasteiger partial charge < -0.3 is 74.0 Å². The molecule has 0 unspecified atom stereocenters. The fraction of sp³-hybridized carbons (Fsp3) is 0.792. The van der Waals surface area contributed by atoms with Crippen molar-refractivity contribution < 1.29 is 52.7 Å². The molecule has 0 aliphatic heterocycles. The van der Waals surface area contributed by atoms with Crippen LogP contribution < -0.4 is 49.5 Å². The lowest BCUT2D eigenvalue weighted by Crippen LogP contribution is -2.50. The summed E-state index contributed by atoms with van der Waals surface area (Å²) < 4.78 is 0. The van der Waals surface area contributed by atoms with E-state index < -0.39 is 59.8 Å². The van der Waals surface area contributed by atoms with Gasteiger partial charge in [0, 0.05) is 104 Å². The molecule has 11 amide bonds. The van der Waals surface area contributed by atoms with Gasteiger partial charge in [-0.3, -0.25) is 52.7 Å². The zero-order valence-corrected chi connectivity index (χ0v) is 47.8. The number of carbonyl (C=O) groups excluding carboxylic acids is 11. The zero-order valence-electron chi connectivity index (χ0n) is 47.8. The smallest absolute Gasteiger partial charge is 0.239 e. The van der Waals surface area contributed by atoms with E-state index in [1.165, 1.54) is 103 Å². The number of carbonyl (C=O) groups is 11. The average Bonchev–Trinajstić information content (AvgIpc) is 3.38. The molecule has 0 saturated heterocycles. The number of rotatable bonds is 48. The summed E-state index contributed by atoms with van der Waals surface area (Å²) in [6.45, 7) is 5.36. The molecule has 25 heteroatoms. The van der Waals surface area contributed by atoms with Crippen molar-refractivity contribution in [2.75, 3.05) is 111 Å². The number of unbranched alkanes of at least 4 members (excludes halogenated alkanes) is 12. The predicted octanol–water partition coefficient (Wildman–Crippen LogP) is -0.678. The molecule has 25 nitrogen and oxygen atoms in total. The lowest BCUT2D eigenvalue weighted by molar-refractivity contribution is -0.137. The topological polar surface area (TPSA) is 368 Å². The van der Waals surface area contributed by atoms with Crippen LogP contribution in [0.5, 0.6) is 0 Å². The molecule has 0 rings (SSSR count). The Morgan fingerprint density at radius 3 is 1.06 bits per heavy atom. The molecule has 0 radical (unpaired) electrons. The molecule has 0 aliphatic carbocycles. The number of hydrogen-bond donors (Lipinski definition) is 9. The van der Waals surface area contributed by atoms with Crippen LogP contribution in [0.2, 0.25) is 0 Å². The Morgan fingerprint density at radius 2 is 0.705 bits per heavy atom. The first kappa shape index (κ1) is 72.0. The van der Waals surface area contributed by atoms with Gasteiger partial charge in [0.25, 0.3) is 0 Å². The second kappa shape index (κ2) is 46.0. The second-order valence-electron chi connectivity index (χ2n) is 19.8. The maximum absolute atomic E-state index is 13.1. The molecule has 0 aromatic heterocycles. The molecule has 78 heavy (non-hydrogen) atoms. The third kappa shape index (κ3) is 38.6. The summed E-state index contributed by atoms with van der Waals surface area (Å²) in [6, 6.07) is -0.618. The van der Waals surface area contributed by atoms with Crippen LogP contribution in [0.3, 0.4) is 0 Å². The lowest BCUT2D eigenvalue weighted by atomic mass is 10.0. The lowest BCUT2D eigenvalue weighted by Gasteiger charge is -2.27. The van der Waals surface area contributed by atoms with Crippen molar-refractivity contribution in [1.29, 1.82) is 0 Å². The minimum atomic E-state index is -0.723. The fourth-order valence-corrected chi connectivity index (χ4v) is 8.22. The highest BCUT2D eigenvalue weighted by molar-refractivity contribution is 5.88. The summed E-state index contributed by atoms with van der Waals surface area (Å²) in [6.07, 6.45) is 17.4. The Bertz CT molecular complexity index is 1810. The van der Waals surface area contributed by atoms with Crippen LogP contribution in [-0.4, -0.2) is 207 Å². The van der Waals surface area contributed by atoms with Gasteiger partial charge in [-0.25, -0.2) is 0 Å². The van der Waals surface area contributed by atoms with Gasteiger partial charge in [0.2, 0.25) is 65.0 Å². The Labute approximate surface area is 463 Å². The van der Waals surface area contributed by atoms with Gasteiger partial charge in [-0.05, 0) is 52.2 Å². The molecule has 0 aromatic carbocycles. The third-order valence-corrected chi connectivity index (χ3v) is 12.6. The van der Waals surface area contributed by atoms with Crippen LogP contribution in [0, 0.1) is 0 Å². The van der Waals surface area contributed by atoms with Crippen molar-refractivity contribution in [3.8, 4) is 0 Å². The summed E-state index contributed by atoms with van der Waals surface area (Å²) in [5, 5.41) is 13.5. The van der Waals surface area contributed by atoms with Crippen LogP contribution in [0.1, 0.15) is 156 Å². The first-order valence-electron chi connectivity index (χ1n) is 28.4. The van der Waals surface area contributed by atoms with Crippen molar-refractivity contribution >= 4 is 65.0 Å². The number of nitrogens with two attached hydrogens (primary N) is 4. The molecule has 13 N–H and O–H groups in total. The van der Waals surface area contributed by atoms with E-state index in [1.807, 2.05) is 0 Å². The van der Waals surface area contributed by atoms with Gasteiger partial charge in [-0.15, -0.1) is 0 Å². The molecule has 0 bridgehead atoms. The van der Waals surface area contributed by atoms with Crippen LogP contribution in [0.15, 0.2) is 0 Å². The van der Waals surface area contributed by atoms with Crippen molar-refractivity contribution in [2.24, 2.45) is 22.9 Å². The normalized spacial score (nSPS) is 11.2. The Kier molecular flexibility index (Phi) is 42.5. The Hall–Kier alpha value is -5.95. The molecule has 0 heterocycles. The van der Waals surface area contributed by atoms with E-state index in [9.17, 15) is 52.7 Å². The monoisotopic (exact) mass is 1110 g/mol. The number of amides is 11. The average molecular weight is 1110 g/mol. The van der Waals surface area contributed by atoms with Crippen molar-refractivity contribution in [1.82, 2.24) is 51.1 Å². The van der Waals surface area contributed by atoms with Crippen molar-refractivity contribution in [3.05, 3.63) is 0 Å². The van der Waals surface area contributed by atoms with Crippen LogP contribution in [-0.2, 0) is 52.7 Å². The SMILES string of the molecule is CCCCCCCCCCCCCCCC(=O)NCCN(CC(=O)N[C@@H](C)CN(CC(=O)NCCN(CC(=O)NCCN(CC(=O)NCCN(CC(N)=O)C(=O)CCCN)C(=O)CCCN)C(=O)CCCN)C(C)=O)C(C)=O. The fourth-order valence-electron chi connectivity index (χ4n) is 8.22. The van der Waals surface area contributed by atoms with Crippen LogP contribution >= 0.6 is 0 Å². The van der Waals surface area contributed by atoms with E-state index in [4.69, 9.17) is 22.9 Å². The van der Waals surface area contributed by atoms with E-state index >= 15 is 0 Å². The quantitative estimate of drug-likeness (QED) is 0.0341. The number of hydrogen-bond acceptors (Lipinski definition) is 14. The first-order chi connectivity index (χ1) is 37.3. The van der Waals surface area contributed by atoms with Gasteiger partial charge in [-0.2, -0.15) is 0 Å². The van der Waals surface area contributed by atoms with Crippen molar-refractivity contribution in [3.63, 3.8) is 0 Å². The maximum atomic E-state index is 13.1. The van der Waals surface area contributed by atoms with Gasteiger partial charge in [0.15, 0.2) is 0 Å². The van der Waals surface area contributed by atoms with E-state index in [1.54, 1.807) is 6.92 Å². The molecule has 0 aromatic rings. The van der Waals surface area contributed by atoms with Crippen LogP contribution in [0.25, 0.3) is 0 Å². The van der Waals surface area contributed by atoms with E-state index in [2.05, 4.69) is 33.5 Å². The zero-order chi connectivity index (χ0) is 58.5. The molecular weight excluding hydrogens is 1010 g/mol. The first-order valence-corrected chi connectivity index (χ1v) is 28.4. The van der Waals surface area contributed by atoms with Crippen LogP contribution in [0.4, 0.5) is 0 Å². The summed E-state index contributed by atoms with van der Waals surface area (Å²) in [5.74, 6) is -4.96.